The summed E-state index contributed by atoms with van der Waals surface area (Å²) < 4.78 is 0. The summed E-state index contributed by atoms with van der Waals surface area (Å²) in [6.07, 6.45) is 3.55. The number of hydrogen-bond acceptors (Lipinski definition) is 5. The van der Waals surface area contributed by atoms with E-state index < -0.39 is 0 Å². The summed E-state index contributed by atoms with van der Waals surface area (Å²) in [6, 6.07) is 2.65. The number of piperazine rings is 1. The minimum Gasteiger partial charge on any atom is -0.397 e. The van der Waals surface area contributed by atoms with Crippen LogP contribution in [0.3, 0.4) is 0 Å². The van der Waals surface area contributed by atoms with Crippen molar-refractivity contribution in [3.63, 3.8) is 0 Å². The number of nitrogens with two attached hydrogens (primary N) is 1. The Balaban J connectivity index is 1.70. The van der Waals surface area contributed by atoms with Gasteiger partial charge in [0, 0.05) is 32.2 Å². The first-order valence-electron chi connectivity index (χ1n) is 7.85. The molecule has 0 bridgehead atoms. The summed E-state index contributed by atoms with van der Waals surface area (Å²) >= 11 is 1.53. The fraction of sp³-hybridized carbons (Fsp3) is 0.667. The highest BCUT2D eigenvalue weighted by molar-refractivity contribution is 7.18. The lowest BCUT2D eigenvalue weighted by Gasteiger charge is -2.38. The van der Waals surface area contributed by atoms with E-state index in [1.807, 2.05) is 13.0 Å². The van der Waals surface area contributed by atoms with E-state index in [-0.39, 0.29) is 5.91 Å². The van der Waals surface area contributed by atoms with Crippen LogP contribution in [0.15, 0.2) is 6.07 Å². The molecule has 0 aromatic carbocycles. The molecule has 1 amide bonds. The van der Waals surface area contributed by atoms with Gasteiger partial charge < -0.3 is 16.0 Å². The molecule has 1 aromatic rings. The Kier molecular flexibility index (Phi) is 4.35. The van der Waals surface area contributed by atoms with Gasteiger partial charge in [0.05, 0.1) is 10.7 Å². The number of nitrogen functional groups attached to an aromatic ring is 1. The molecule has 6 heteroatoms. The summed E-state index contributed by atoms with van der Waals surface area (Å²) in [5.41, 5.74) is 6.65. The Labute approximate surface area is 130 Å². The smallest absolute Gasteiger partial charge is 0.263 e. The molecule has 3 heterocycles. The van der Waals surface area contributed by atoms with Gasteiger partial charge in [-0.2, -0.15) is 0 Å². The highest BCUT2D eigenvalue weighted by atomic mass is 32.1. The molecule has 1 atom stereocenters. The van der Waals surface area contributed by atoms with Gasteiger partial charge in [0.25, 0.3) is 5.91 Å². The van der Waals surface area contributed by atoms with Gasteiger partial charge in [-0.25, -0.2) is 0 Å². The predicted octanol–water partition coefficient (Wildman–Crippen LogP) is 1.75. The maximum absolute atomic E-state index is 12.1. The number of carbonyl (C=O) groups is 1. The van der Waals surface area contributed by atoms with E-state index in [4.69, 9.17) is 5.73 Å². The van der Waals surface area contributed by atoms with Crippen LogP contribution in [-0.2, 0) is 0 Å². The van der Waals surface area contributed by atoms with Crippen LogP contribution in [0.4, 0.5) is 10.7 Å². The summed E-state index contributed by atoms with van der Waals surface area (Å²) in [4.78, 5) is 17.7. The van der Waals surface area contributed by atoms with Crippen LogP contribution in [0.1, 0.15) is 35.9 Å². The van der Waals surface area contributed by atoms with Crippen molar-refractivity contribution in [3.8, 4) is 0 Å². The number of hydrogen-bond donors (Lipinski definition) is 2. The number of amides is 1. The van der Waals surface area contributed by atoms with Gasteiger partial charge >= 0.3 is 0 Å². The molecular formula is C15H24N4OS. The van der Waals surface area contributed by atoms with Gasteiger partial charge in [0.2, 0.25) is 0 Å². The van der Waals surface area contributed by atoms with Gasteiger partial charge in [-0.05, 0) is 31.9 Å². The van der Waals surface area contributed by atoms with Crippen LogP contribution in [0.25, 0.3) is 0 Å². The third-order valence-electron chi connectivity index (χ3n) is 4.39. The molecule has 2 aliphatic heterocycles. The molecule has 116 valence electrons. The van der Waals surface area contributed by atoms with Gasteiger partial charge in [0.15, 0.2) is 0 Å². The SMILES string of the molecule is CCCNC(=O)c1sc(N2CCN3CCCC3C2)cc1N. The largest absolute Gasteiger partial charge is 0.397 e. The van der Waals surface area contributed by atoms with E-state index in [2.05, 4.69) is 15.1 Å². The van der Waals surface area contributed by atoms with Crippen molar-refractivity contribution in [2.24, 2.45) is 0 Å². The summed E-state index contributed by atoms with van der Waals surface area (Å²) in [7, 11) is 0. The molecule has 2 saturated heterocycles. The first-order valence-corrected chi connectivity index (χ1v) is 8.67. The molecule has 0 saturated carbocycles. The van der Waals surface area contributed by atoms with Gasteiger partial charge in [0.1, 0.15) is 4.88 Å². The lowest BCUT2D eigenvalue weighted by Crippen LogP contribution is -2.49. The van der Waals surface area contributed by atoms with Gasteiger partial charge in [-0.1, -0.05) is 6.92 Å². The molecule has 0 radical (unpaired) electrons. The van der Waals surface area contributed by atoms with E-state index in [0.717, 1.165) is 31.1 Å². The fourth-order valence-electron chi connectivity index (χ4n) is 3.23. The average Bonchev–Trinajstić information content (AvgIpc) is 3.10. The minimum atomic E-state index is -0.0369. The summed E-state index contributed by atoms with van der Waals surface area (Å²) in [5, 5.41) is 4.05. The van der Waals surface area contributed by atoms with E-state index in [0.29, 0.717) is 23.2 Å². The zero-order chi connectivity index (χ0) is 14.8. The Morgan fingerprint density at radius 1 is 1.48 bits per heavy atom. The van der Waals surface area contributed by atoms with Crippen LogP contribution >= 0.6 is 11.3 Å². The molecule has 3 N–H and O–H groups in total. The molecule has 0 spiro atoms. The van der Waals surface area contributed by atoms with Crippen molar-refractivity contribution < 1.29 is 4.79 Å². The fourth-order valence-corrected chi connectivity index (χ4v) is 4.27. The van der Waals surface area contributed by atoms with Crippen molar-refractivity contribution in [1.82, 2.24) is 10.2 Å². The van der Waals surface area contributed by atoms with E-state index in [1.54, 1.807) is 0 Å². The van der Waals surface area contributed by atoms with Crippen LogP contribution in [-0.4, -0.2) is 49.6 Å². The number of rotatable bonds is 4. The molecule has 2 fully saturated rings. The van der Waals surface area contributed by atoms with Crippen molar-refractivity contribution in [2.45, 2.75) is 32.2 Å². The van der Waals surface area contributed by atoms with Gasteiger partial charge in [-0.15, -0.1) is 11.3 Å². The standard InChI is InChI=1S/C15H24N4OS/c1-2-5-17-15(20)14-12(16)9-13(21-14)19-8-7-18-6-3-4-11(18)10-19/h9,11H,2-8,10,16H2,1H3,(H,17,20). The van der Waals surface area contributed by atoms with E-state index >= 15 is 0 Å². The molecule has 2 aliphatic rings. The Morgan fingerprint density at radius 3 is 3.14 bits per heavy atom. The van der Waals surface area contributed by atoms with Crippen LogP contribution in [0.2, 0.25) is 0 Å². The quantitative estimate of drug-likeness (QED) is 0.890. The number of nitrogens with zero attached hydrogens (tertiary/aromatic N) is 2. The molecule has 1 aromatic heterocycles. The maximum atomic E-state index is 12.1. The van der Waals surface area contributed by atoms with E-state index in [9.17, 15) is 4.79 Å². The molecule has 5 nitrogen and oxygen atoms in total. The molecule has 0 aliphatic carbocycles. The molecular weight excluding hydrogens is 284 g/mol. The van der Waals surface area contributed by atoms with Crippen LogP contribution in [0.5, 0.6) is 0 Å². The molecule has 3 rings (SSSR count). The predicted molar refractivity (Wildman–Crippen MR) is 88.2 cm³/mol. The Hall–Kier alpha value is -1.27. The third-order valence-corrected chi connectivity index (χ3v) is 5.60. The minimum absolute atomic E-state index is 0.0369. The van der Waals surface area contributed by atoms with Crippen molar-refractivity contribution in [2.75, 3.05) is 43.4 Å². The normalized spacial score (nSPS) is 22.3. The van der Waals surface area contributed by atoms with Crippen molar-refractivity contribution in [1.29, 1.82) is 0 Å². The first-order chi connectivity index (χ1) is 10.2. The van der Waals surface area contributed by atoms with Crippen LogP contribution in [0, 0.1) is 0 Å². The highest BCUT2D eigenvalue weighted by Gasteiger charge is 2.31. The second-order valence-electron chi connectivity index (χ2n) is 5.90. The second-order valence-corrected chi connectivity index (χ2v) is 6.93. The Bertz CT molecular complexity index is 516. The lowest BCUT2D eigenvalue weighted by molar-refractivity contribution is 0.0958. The number of carbonyl (C=O) groups excluding carboxylic acids is 1. The second kappa shape index (κ2) is 6.23. The highest BCUT2D eigenvalue weighted by Crippen LogP contribution is 2.34. The number of thiophene rings is 1. The zero-order valence-corrected chi connectivity index (χ0v) is 13.4. The number of fused-ring (bicyclic) bond motifs is 1. The monoisotopic (exact) mass is 308 g/mol. The average molecular weight is 308 g/mol. The molecule has 1 unspecified atom stereocenters. The first kappa shape index (κ1) is 14.7. The van der Waals surface area contributed by atoms with Gasteiger partial charge in [-0.3, -0.25) is 9.69 Å². The number of anilines is 2. The lowest BCUT2D eigenvalue weighted by atomic mass is 10.1. The topological polar surface area (TPSA) is 61.6 Å². The molecule has 21 heavy (non-hydrogen) atoms. The third kappa shape index (κ3) is 3.01. The van der Waals surface area contributed by atoms with Crippen molar-refractivity contribution in [3.05, 3.63) is 10.9 Å². The zero-order valence-electron chi connectivity index (χ0n) is 12.6. The maximum Gasteiger partial charge on any atom is 0.263 e. The summed E-state index contributed by atoms with van der Waals surface area (Å²) in [5.74, 6) is -0.0369. The van der Waals surface area contributed by atoms with Crippen molar-refractivity contribution >= 4 is 27.9 Å². The van der Waals surface area contributed by atoms with E-state index in [1.165, 1.54) is 30.7 Å². The van der Waals surface area contributed by atoms with Crippen LogP contribution < -0.4 is 16.0 Å². The number of nitrogens with one attached hydrogen (secondary N) is 1. The Morgan fingerprint density at radius 2 is 2.33 bits per heavy atom. The summed E-state index contributed by atoms with van der Waals surface area (Å²) in [6.45, 7) is 7.22.